The van der Waals surface area contributed by atoms with E-state index in [2.05, 4.69) is 17.4 Å². The van der Waals surface area contributed by atoms with Crippen LogP contribution in [0.4, 0.5) is 5.69 Å². The first-order valence-electron chi connectivity index (χ1n) is 8.53. The monoisotopic (exact) mass is 333 g/mol. The molecule has 0 saturated carbocycles. The summed E-state index contributed by atoms with van der Waals surface area (Å²) in [5, 5.41) is 3.76. The summed E-state index contributed by atoms with van der Waals surface area (Å²) in [6.07, 6.45) is 3.78. The highest BCUT2D eigenvalue weighted by Crippen LogP contribution is 2.24. The average Bonchev–Trinajstić information content (AvgIpc) is 3.01. The Hall–Kier alpha value is -2.88. The molecule has 1 amide bonds. The first-order chi connectivity index (χ1) is 12.1. The van der Waals surface area contributed by atoms with E-state index in [1.54, 1.807) is 6.07 Å². The van der Waals surface area contributed by atoms with Gasteiger partial charge in [-0.1, -0.05) is 18.2 Å². The van der Waals surface area contributed by atoms with Crippen molar-refractivity contribution in [2.75, 3.05) is 5.32 Å². The van der Waals surface area contributed by atoms with Crippen LogP contribution in [0.25, 0.3) is 11.0 Å². The SMILES string of the molecule is Cc1cc(=O)oc2cc(NC(=O)Cc3ccc4c(c3)CCC4)ccc12. The Morgan fingerprint density at radius 2 is 1.92 bits per heavy atom. The molecule has 0 bridgehead atoms. The Morgan fingerprint density at radius 1 is 1.08 bits per heavy atom. The third kappa shape index (κ3) is 3.20. The van der Waals surface area contributed by atoms with Gasteiger partial charge >= 0.3 is 5.63 Å². The van der Waals surface area contributed by atoms with Crippen LogP contribution in [0.2, 0.25) is 0 Å². The van der Waals surface area contributed by atoms with Crippen molar-refractivity contribution >= 4 is 22.6 Å². The molecular weight excluding hydrogens is 314 g/mol. The Kier molecular flexibility index (Phi) is 3.88. The highest BCUT2D eigenvalue weighted by Gasteiger charge is 2.12. The van der Waals surface area contributed by atoms with Crippen molar-refractivity contribution in [3.63, 3.8) is 0 Å². The molecule has 126 valence electrons. The van der Waals surface area contributed by atoms with Crippen molar-refractivity contribution < 1.29 is 9.21 Å². The topological polar surface area (TPSA) is 59.3 Å². The van der Waals surface area contributed by atoms with Gasteiger partial charge in [-0.3, -0.25) is 4.79 Å². The molecule has 4 rings (SSSR count). The fourth-order valence-corrected chi connectivity index (χ4v) is 3.53. The van der Waals surface area contributed by atoms with Gasteiger partial charge in [0.1, 0.15) is 5.58 Å². The zero-order valence-corrected chi connectivity index (χ0v) is 14.1. The number of aryl methyl sites for hydroxylation is 3. The van der Waals surface area contributed by atoms with Crippen LogP contribution in [0, 0.1) is 6.92 Å². The second-order valence-corrected chi connectivity index (χ2v) is 6.64. The third-order valence-corrected chi connectivity index (χ3v) is 4.76. The number of benzene rings is 2. The molecule has 0 saturated heterocycles. The Balaban J connectivity index is 1.52. The molecule has 2 aromatic carbocycles. The minimum atomic E-state index is -0.383. The summed E-state index contributed by atoms with van der Waals surface area (Å²) in [5.74, 6) is -0.0766. The molecule has 4 heteroatoms. The molecule has 1 aromatic heterocycles. The second kappa shape index (κ2) is 6.20. The number of hydrogen-bond acceptors (Lipinski definition) is 3. The molecule has 1 heterocycles. The summed E-state index contributed by atoms with van der Waals surface area (Å²) < 4.78 is 5.23. The largest absolute Gasteiger partial charge is 0.423 e. The van der Waals surface area contributed by atoms with Crippen LogP contribution in [0.3, 0.4) is 0 Å². The second-order valence-electron chi connectivity index (χ2n) is 6.64. The van der Waals surface area contributed by atoms with Crippen molar-refractivity contribution in [3.05, 3.63) is 75.1 Å². The molecule has 0 unspecified atom stereocenters. The van der Waals surface area contributed by atoms with E-state index in [4.69, 9.17) is 4.42 Å². The van der Waals surface area contributed by atoms with Gasteiger partial charge in [0.2, 0.25) is 5.91 Å². The molecule has 0 aliphatic heterocycles. The number of carbonyl (C=O) groups excluding carboxylic acids is 1. The van der Waals surface area contributed by atoms with Crippen molar-refractivity contribution in [2.45, 2.75) is 32.6 Å². The number of carbonyl (C=O) groups is 1. The summed E-state index contributed by atoms with van der Waals surface area (Å²) >= 11 is 0. The summed E-state index contributed by atoms with van der Waals surface area (Å²) in [5.41, 5.74) is 5.40. The van der Waals surface area contributed by atoms with Crippen LogP contribution >= 0.6 is 0 Å². The van der Waals surface area contributed by atoms with E-state index >= 15 is 0 Å². The van der Waals surface area contributed by atoms with Crippen LogP contribution in [0.1, 0.15) is 28.7 Å². The lowest BCUT2D eigenvalue weighted by Gasteiger charge is -2.08. The van der Waals surface area contributed by atoms with Gasteiger partial charge in [-0.15, -0.1) is 0 Å². The number of anilines is 1. The fraction of sp³-hybridized carbons (Fsp3) is 0.238. The van der Waals surface area contributed by atoms with Gasteiger partial charge in [-0.05, 0) is 60.6 Å². The zero-order valence-electron chi connectivity index (χ0n) is 14.1. The number of hydrogen-bond donors (Lipinski definition) is 1. The Bertz CT molecular complexity index is 1030. The molecular formula is C21H19NO3. The average molecular weight is 333 g/mol. The highest BCUT2D eigenvalue weighted by molar-refractivity contribution is 5.94. The van der Waals surface area contributed by atoms with Crippen molar-refractivity contribution in [1.82, 2.24) is 0 Å². The Labute approximate surface area is 145 Å². The maximum Gasteiger partial charge on any atom is 0.336 e. The van der Waals surface area contributed by atoms with Gasteiger partial charge in [0.15, 0.2) is 0 Å². The molecule has 0 fully saturated rings. The van der Waals surface area contributed by atoms with Crippen LogP contribution in [0.5, 0.6) is 0 Å². The lowest BCUT2D eigenvalue weighted by Crippen LogP contribution is -2.14. The lowest BCUT2D eigenvalue weighted by atomic mass is 10.0. The zero-order chi connectivity index (χ0) is 17.4. The molecule has 0 radical (unpaired) electrons. The smallest absolute Gasteiger partial charge is 0.336 e. The minimum absolute atomic E-state index is 0.0766. The predicted octanol–water partition coefficient (Wildman–Crippen LogP) is 3.77. The molecule has 1 aliphatic carbocycles. The molecule has 4 nitrogen and oxygen atoms in total. The van der Waals surface area contributed by atoms with E-state index in [9.17, 15) is 9.59 Å². The summed E-state index contributed by atoms with van der Waals surface area (Å²) in [4.78, 5) is 23.9. The van der Waals surface area contributed by atoms with E-state index in [0.29, 0.717) is 17.7 Å². The van der Waals surface area contributed by atoms with Gasteiger partial charge < -0.3 is 9.73 Å². The normalized spacial score (nSPS) is 13.0. The number of nitrogens with one attached hydrogen (secondary N) is 1. The summed E-state index contributed by atoms with van der Waals surface area (Å²) in [6, 6.07) is 13.2. The molecule has 3 aromatic rings. The van der Waals surface area contributed by atoms with E-state index in [-0.39, 0.29) is 11.5 Å². The van der Waals surface area contributed by atoms with Crippen molar-refractivity contribution in [1.29, 1.82) is 0 Å². The van der Waals surface area contributed by atoms with Gasteiger partial charge in [0.05, 0.1) is 6.42 Å². The first kappa shape index (κ1) is 15.6. The number of amides is 1. The fourth-order valence-electron chi connectivity index (χ4n) is 3.53. The van der Waals surface area contributed by atoms with Crippen molar-refractivity contribution in [2.24, 2.45) is 0 Å². The van der Waals surface area contributed by atoms with E-state index in [0.717, 1.165) is 29.4 Å². The van der Waals surface area contributed by atoms with Crippen LogP contribution in [-0.2, 0) is 24.1 Å². The van der Waals surface area contributed by atoms with Gasteiger partial charge in [-0.25, -0.2) is 4.79 Å². The van der Waals surface area contributed by atoms with Crippen LogP contribution in [-0.4, -0.2) is 5.91 Å². The van der Waals surface area contributed by atoms with Gasteiger partial charge in [0.25, 0.3) is 0 Å². The molecule has 0 atom stereocenters. The standard InChI is InChI=1S/C21H19NO3/c1-13-9-21(24)25-19-12-17(7-8-18(13)19)22-20(23)11-14-5-6-15-3-2-4-16(15)10-14/h5-10,12H,2-4,11H2,1H3,(H,22,23). The third-order valence-electron chi connectivity index (χ3n) is 4.76. The quantitative estimate of drug-likeness (QED) is 0.742. The van der Waals surface area contributed by atoms with E-state index in [1.807, 2.05) is 25.1 Å². The summed E-state index contributed by atoms with van der Waals surface area (Å²) in [7, 11) is 0. The lowest BCUT2D eigenvalue weighted by molar-refractivity contribution is -0.115. The first-order valence-corrected chi connectivity index (χ1v) is 8.53. The number of fused-ring (bicyclic) bond motifs is 2. The predicted molar refractivity (Wildman–Crippen MR) is 98.0 cm³/mol. The van der Waals surface area contributed by atoms with Gasteiger partial charge in [0, 0.05) is 23.2 Å². The summed E-state index contributed by atoms with van der Waals surface area (Å²) in [6.45, 7) is 1.87. The van der Waals surface area contributed by atoms with Crippen LogP contribution in [0.15, 0.2) is 51.7 Å². The molecule has 1 aliphatic rings. The molecule has 0 spiro atoms. The maximum atomic E-state index is 12.3. The molecule has 25 heavy (non-hydrogen) atoms. The van der Waals surface area contributed by atoms with E-state index < -0.39 is 0 Å². The molecule has 1 N–H and O–H groups in total. The highest BCUT2D eigenvalue weighted by atomic mass is 16.4. The Morgan fingerprint density at radius 3 is 2.80 bits per heavy atom. The van der Waals surface area contributed by atoms with Gasteiger partial charge in [-0.2, -0.15) is 0 Å². The maximum absolute atomic E-state index is 12.3. The minimum Gasteiger partial charge on any atom is -0.423 e. The van der Waals surface area contributed by atoms with Crippen LogP contribution < -0.4 is 10.9 Å². The number of rotatable bonds is 3. The van der Waals surface area contributed by atoms with Crippen molar-refractivity contribution in [3.8, 4) is 0 Å². The van der Waals surface area contributed by atoms with E-state index in [1.165, 1.54) is 23.6 Å².